The predicted octanol–water partition coefficient (Wildman–Crippen LogP) is 0.736. The molecule has 0 bridgehead atoms. The van der Waals surface area contributed by atoms with Crippen LogP contribution in [0.2, 0.25) is 0 Å². The maximum atomic E-state index is 10.7. The largest absolute Gasteiger partial charge is 0.478 e. The van der Waals surface area contributed by atoms with Gasteiger partial charge in [-0.05, 0) is 25.0 Å². The van der Waals surface area contributed by atoms with E-state index in [0.29, 0.717) is 19.1 Å². The van der Waals surface area contributed by atoms with Gasteiger partial charge in [0.1, 0.15) is 0 Å². The minimum atomic E-state index is -0.960. The molecule has 1 aliphatic carbocycles. The van der Waals surface area contributed by atoms with Gasteiger partial charge < -0.3 is 10.2 Å². The Morgan fingerprint density at radius 1 is 1.47 bits per heavy atom. The summed E-state index contributed by atoms with van der Waals surface area (Å²) in [6, 6.07) is 3.85. The third kappa shape index (κ3) is 3.25. The van der Waals surface area contributed by atoms with Crippen molar-refractivity contribution in [3.05, 3.63) is 29.6 Å². The first-order chi connectivity index (χ1) is 8.20. The Bertz CT molecular complexity index is 387. The molecule has 5 nitrogen and oxygen atoms in total. The van der Waals surface area contributed by atoms with E-state index in [2.05, 4.69) is 9.88 Å². The Balaban J connectivity index is 1.99. The lowest BCUT2D eigenvalue weighted by molar-refractivity contribution is 0.0696. The Kier molecular flexibility index (Phi) is 3.71. The number of aromatic nitrogens is 1. The Hall–Kier alpha value is -1.46. The lowest BCUT2D eigenvalue weighted by Crippen LogP contribution is -2.29. The van der Waals surface area contributed by atoms with Gasteiger partial charge in [0.2, 0.25) is 0 Å². The second kappa shape index (κ2) is 5.25. The van der Waals surface area contributed by atoms with Crippen molar-refractivity contribution < 1.29 is 15.0 Å². The van der Waals surface area contributed by atoms with Crippen LogP contribution >= 0.6 is 0 Å². The zero-order chi connectivity index (χ0) is 12.3. The molecule has 0 atom stereocenters. The highest BCUT2D eigenvalue weighted by atomic mass is 16.4. The summed E-state index contributed by atoms with van der Waals surface area (Å²) in [4.78, 5) is 17.0. The van der Waals surface area contributed by atoms with Crippen LogP contribution in [0.1, 0.15) is 28.9 Å². The highest BCUT2D eigenvalue weighted by molar-refractivity contribution is 5.87. The van der Waals surface area contributed by atoms with Gasteiger partial charge in [0.05, 0.1) is 17.9 Å². The molecule has 0 spiro atoms. The molecule has 0 aromatic carbocycles. The Labute approximate surface area is 99.7 Å². The molecule has 1 fully saturated rings. The van der Waals surface area contributed by atoms with Gasteiger partial charge >= 0.3 is 5.97 Å². The van der Waals surface area contributed by atoms with E-state index >= 15 is 0 Å². The molecule has 0 amide bonds. The molecule has 92 valence electrons. The molecule has 1 aliphatic rings. The average Bonchev–Trinajstić information content (AvgIpc) is 3.13. The van der Waals surface area contributed by atoms with Crippen LogP contribution in [0.3, 0.4) is 0 Å². The van der Waals surface area contributed by atoms with Gasteiger partial charge in [0.15, 0.2) is 0 Å². The number of hydrogen-bond acceptors (Lipinski definition) is 4. The number of rotatable bonds is 6. The van der Waals surface area contributed by atoms with Crippen molar-refractivity contribution in [1.29, 1.82) is 0 Å². The van der Waals surface area contributed by atoms with Crippen molar-refractivity contribution in [2.45, 2.75) is 25.4 Å². The highest BCUT2D eigenvalue weighted by Gasteiger charge is 2.28. The molecule has 2 rings (SSSR count). The van der Waals surface area contributed by atoms with E-state index in [1.165, 1.54) is 19.0 Å². The fourth-order valence-corrected chi connectivity index (χ4v) is 1.81. The van der Waals surface area contributed by atoms with E-state index in [9.17, 15) is 4.79 Å². The van der Waals surface area contributed by atoms with Crippen molar-refractivity contribution in [3.63, 3.8) is 0 Å². The Morgan fingerprint density at radius 3 is 2.71 bits per heavy atom. The molecule has 1 aromatic rings. The fraction of sp³-hybridized carbons (Fsp3) is 0.500. The summed E-state index contributed by atoms with van der Waals surface area (Å²) in [7, 11) is 0. The standard InChI is InChI=1S/C12H16N2O3/c15-6-5-14(11-3-4-11)8-10-2-1-9(7-13-10)12(16)17/h1-2,7,11,15H,3-6,8H2,(H,16,17). The van der Waals surface area contributed by atoms with E-state index < -0.39 is 5.97 Å². The topological polar surface area (TPSA) is 73.7 Å². The molecule has 1 aromatic heterocycles. The summed E-state index contributed by atoms with van der Waals surface area (Å²) in [5.41, 5.74) is 1.05. The molecular weight excluding hydrogens is 220 g/mol. The summed E-state index contributed by atoms with van der Waals surface area (Å²) in [6.07, 6.45) is 3.72. The van der Waals surface area contributed by atoms with E-state index in [1.54, 1.807) is 12.1 Å². The van der Waals surface area contributed by atoms with Crippen molar-refractivity contribution in [3.8, 4) is 0 Å². The number of carboxylic acid groups (broad SMARTS) is 1. The van der Waals surface area contributed by atoms with E-state index in [0.717, 1.165) is 5.69 Å². The molecule has 1 heterocycles. The minimum absolute atomic E-state index is 0.143. The van der Waals surface area contributed by atoms with Gasteiger partial charge in [-0.1, -0.05) is 0 Å². The van der Waals surface area contributed by atoms with E-state index in [4.69, 9.17) is 10.2 Å². The van der Waals surface area contributed by atoms with Crippen molar-refractivity contribution in [2.75, 3.05) is 13.2 Å². The third-order valence-electron chi connectivity index (χ3n) is 2.89. The number of aliphatic hydroxyl groups is 1. The summed E-state index contributed by atoms with van der Waals surface area (Å²) < 4.78 is 0. The monoisotopic (exact) mass is 236 g/mol. The number of aromatic carboxylic acids is 1. The smallest absolute Gasteiger partial charge is 0.337 e. The number of aliphatic hydroxyl groups excluding tert-OH is 1. The van der Waals surface area contributed by atoms with Crippen molar-refractivity contribution in [1.82, 2.24) is 9.88 Å². The number of carboxylic acids is 1. The van der Waals surface area contributed by atoms with Crippen LogP contribution < -0.4 is 0 Å². The van der Waals surface area contributed by atoms with Gasteiger partial charge in [-0.2, -0.15) is 0 Å². The van der Waals surface area contributed by atoms with Crippen LogP contribution in [0.4, 0.5) is 0 Å². The Morgan fingerprint density at radius 2 is 2.24 bits per heavy atom. The molecule has 0 radical (unpaired) electrons. The van der Waals surface area contributed by atoms with Crippen LogP contribution in [0.25, 0.3) is 0 Å². The molecule has 2 N–H and O–H groups in total. The summed E-state index contributed by atoms with van der Waals surface area (Å²) in [5.74, 6) is -0.960. The van der Waals surface area contributed by atoms with Crippen LogP contribution in [0.5, 0.6) is 0 Å². The molecule has 0 unspecified atom stereocenters. The number of nitrogens with zero attached hydrogens (tertiary/aromatic N) is 2. The van der Waals surface area contributed by atoms with Crippen LogP contribution in [0.15, 0.2) is 18.3 Å². The van der Waals surface area contributed by atoms with Gasteiger partial charge in [-0.25, -0.2) is 4.79 Å². The average molecular weight is 236 g/mol. The third-order valence-corrected chi connectivity index (χ3v) is 2.89. The molecule has 5 heteroatoms. The lowest BCUT2D eigenvalue weighted by Gasteiger charge is -2.20. The number of pyridine rings is 1. The minimum Gasteiger partial charge on any atom is -0.478 e. The summed E-state index contributed by atoms with van der Waals surface area (Å²) in [6.45, 7) is 1.46. The normalized spacial score (nSPS) is 15.2. The first-order valence-electron chi connectivity index (χ1n) is 5.74. The van der Waals surface area contributed by atoms with E-state index in [-0.39, 0.29) is 12.2 Å². The first kappa shape index (κ1) is 12.0. The van der Waals surface area contributed by atoms with Gasteiger partial charge in [0.25, 0.3) is 0 Å². The second-order valence-corrected chi connectivity index (χ2v) is 4.27. The quantitative estimate of drug-likeness (QED) is 0.762. The van der Waals surface area contributed by atoms with Crippen molar-refractivity contribution in [2.24, 2.45) is 0 Å². The first-order valence-corrected chi connectivity index (χ1v) is 5.74. The van der Waals surface area contributed by atoms with Gasteiger partial charge in [-0.15, -0.1) is 0 Å². The fourth-order valence-electron chi connectivity index (χ4n) is 1.81. The summed E-state index contributed by atoms with van der Waals surface area (Å²) >= 11 is 0. The maximum Gasteiger partial charge on any atom is 0.337 e. The molecule has 0 saturated heterocycles. The second-order valence-electron chi connectivity index (χ2n) is 4.27. The molecular formula is C12H16N2O3. The van der Waals surface area contributed by atoms with Crippen LogP contribution in [-0.4, -0.2) is 45.3 Å². The molecule has 17 heavy (non-hydrogen) atoms. The van der Waals surface area contributed by atoms with Crippen LogP contribution in [-0.2, 0) is 6.54 Å². The van der Waals surface area contributed by atoms with Gasteiger partial charge in [-0.3, -0.25) is 9.88 Å². The maximum absolute atomic E-state index is 10.7. The van der Waals surface area contributed by atoms with Gasteiger partial charge in [0, 0.05) is 25.3 Å². The van der Waals surface area contributed by atoms with Crippen LogP contribution in [0, 0.1) is 0 Å². The highest BCUT2D eigenvalue weighted by Crippen LogP contribution is 2.27. The number of hydrogen-bond donors (Lipinski definition) is 2. The molecule has 0 aliphatic heterocycles. The zero-order valence-electron chi connectivity index (χ0n) is 9.54. The molecule has 1 saturated carbocycles. The predicted molar refractivity (Wildman–Crippen MR) is 61.7 cm³/mol. The number of carbonyl (C=O) groups is 1. The lowest BCUT2D eigenvalue weighted by atomic mass is 10.2. The van der Waals surface area contributed by atoms with E-state index in [1.807, 2.05) is 0 Å². The SMILES string of the molecule is O=C(O)c1ccc(CN(CCO)C2CC2)nc1. The van der Waals surface area contributed by atoms with Crippen molar-refractivity contribution >= 4 is 5.97 Å². The summed E-state index contributed by atoms with van der Waals surface area (Å²) in [5, 5.41) is 17.7. The zero-order valence-corrected chi connectivity index (χ0v) is 9.54.